The lowest BCUT2D eigenvalue weighted by Crippen LogP contribution is -2.40. The second kappa shape index (κ2) is 6.47. The molecule has 0 aromatic rings. The number of hydrogen-bond donors (Lipinski definition) is 0. The van der Waals surface area contributed by atoms with Crippen LogP contribution < -0.4 is 0 Å². The highest BCUT2D eigenvalue weighted by Gasteiger charge is 2.28. The number of amidine groups is 1. The van der Waals surface area contributed by atoms with Crippen LogP contribution in [0.2, 0.25) is 0 Å². The molecule has 0 bridgehead atoms. The molecule has 0 atom stereocenters. The number of amides is 1. The summed E-state index contributed by atoms with van der Waals surface area (Å²) < 4.78 is 26.8. The Balaban J connectivity index is 1.74. The first kappa shape index (κ1) is 16.2. The van der Waals surface area contributed by atoms with Gasteiger partial charge in [0.2, 0.25) is 0 Å². The van der Waals surface area contributed by atoms with E-state index in [1.165, 1.54) is 25.7 Å². The number of fused-ring (bicyclic) bond motifs is 1. The molecule has 0 spiro atoms. The summed E-state index contributed by atoms with van der Waals surface area (Å²) in [5.74, 6) is 0.381. The van der Waals surface area contributed by atoms with Gasteiger partial charge in [0.05, 0.1) is 11.3 Å². The average Bonchev–Trinajstić information content (AvgIpc) is 2.81. The van der Waals surface area contributed by atoms with Crippen LogP contribution in [0.3, 0.4) is 0 Å². The first-order valence-electron chi connectivity index (χ1n) is 8.23. The summed E-state index contributed by atoms with van der Waals surface area (Å²) in [6.45, 7) is 0.343. The molecule has 23 heavy (non-hydrogen) atoms. The van der Waals surface area contributed by atoms with Crippen molar-refractivity contribution in [2.75, 3.05) is 19.3 Å². The molecule has 126 valence electrons. The predicted molar refractivity (Wildman–Crippen MR) is 89.4 cm³/mol. The van der Waals surface area contributed by atoms with Crippen molar-refractivity contribution < 1.29 is 13.2 Å². The van der Waals surface area contributed by atoms with Crippen molar-refractivity contribution in [3.63, 3.8) is 0 Å². The van der Waals surface area contributed by atoms with Crippen molar-refractivity contribution in [2.24, 2.45) is 4.40 Å². The van der Waals surface area contributed by atoms with Gasteiger partial charge in [-0.15, -0.1) is 4.40 Å². The molecule has 0 aromatic carbocycles. The Morgan fingerprint density at radius 2 is 1.91 bits per heavy atom. The van der Waals surface area contributed by atoms with Gasteiger partial charge in [-0.25, -0.2) is 8.42 Å². The lowest BCUT2D eigenvalue weighted by molar-refractivity contribution is -0.127. The van der Waals surface area contributed by atoms with E-state index in [-0.39, 0.29) is 11.7 Å². The summed E-state index contributed by atoms with van der Waals surface area (Å²) in [5, 5.41) is 0. The summed E-state index contributed by atoms with van der Waals surface area (Å²) >= 11 is 0. The molecule has 0 saturated heterocycles. The molecular weight excluding hydrogens is 314 g/mol. The molecule has 0 radical (unpaired) electrons. The summed E-state index contributed by atoms with van der Waals surface area (Å²) in [5.41, 5.74) is 0.593. The fourth-order valence-corrected chi connectivity index (χ4v) is 4.31. The Morgan fingerprint density at radius 1 is 1.22 bits per heavy atom. The van der Waals surface area contributed by atoms with Gasteiger partial charge in [-0.3, -0.25) is 4.79 Å². The average molecular weight is 337 g/mol. The molecule has 7 heteroatoms. The Hall–Kier alpha value is -1.63. The number of carbonyl (C=O) groups is 1. The third-order valence-electron chi connectivity index (χ3n) is 4.76. The molecule has 2 heterocycles. The Kier molecular flexibility index (Phi) is 4.57. The van der Waals surface area contributed by atoms with Crippen LogP contribution in [-0.2, 0) is 14.8 Å². The molecule has 1 aliphatic carbocycles. The third-order valence-corrected chi connectivity index (χ3v) is 5.93. The van der Waals surface area contributed by atoms with Gasteiger partial charge in [0.15, 0.2) is 0 Å². The SMILES string of the molecule is CN(C(=O)C1=CN2CCS(=O)(=O)N=C2C=C1)C1CCCCCC1. The standard InChI is InChI=1S/C16H23N3O3S/c1-18(14-6-4-2-3-5-7-14)16(20)13-8-9-15-17-23(21,22)11-10-19(15)12-13/h8-9,12,14H,2-7,10-11H2,1H3. The van der Waals surface area contributed by atoms with Crippen LogP contribution in [0.5, 0.6) is 0 Å². The molecule has 0 N–H and O–H groups in total. The predicted octanol–water partition coefficient (Wildman–Crippen LogP) is 1.67. The highest BCUT2D eigenvalue weighted by molar-refractivity contribution is 7.90. The van der Waals surface area contributed by atoms with E-state index in [2.05, 4.69) is 4.40 Å². The van der Waals surface area contributed by atoms with E-state index in [1.807, 2.05) is 11.9 Å². The van der Waals surface area contributed by atoms with E-state index in [0.717, 1.165) is 12.8 Å². The number of likely N-dealkylation sites (N-methyl/N-ethyl adjacent to an activating group) is 1. The van der Waals surface area contributed by atoms with E-state index in [9.17, 15) is 13.2 Å². The number of nitrogens with zero attached hydrogens (tertiary/aromatic N) is 3. The van der Waals surface area contributed by atoms with Crippen LogP contribution >= 0.6 is 0 Å². The lowest BCUT2D eigenvalue weighted by atomic mass is 10.1. The molecule has 0 aromatic heterocycles. The maximum atomic E-state index is 12.7. The van der Waals surface area contributed by atoms with Crippen LogP contribution in [0.1, 0.15) is 38.5 Å². The van der Waals surface area contributed by atoms with Crippen LogP contribution in [0, 0.1) is 0 Å². The zero-order valence-corrected chi connectivity index (χ0v) is 14.3. The van der Waals surface area contributed by atoms with Gasteiger partial charge in [-0.05, 0) is 25.0 Å². The van der Waals surface area contributed by atoms with E-state index >= 15 is 0 Å². The van der Waals surface area contributed by atoms with Crippen LogP contribution in [0.15, 0.2) is 28.3 Å². The Morgan fingerprint density at radius 3 is 2.61 bits per heavy atom. The molecule has 3 rings (SSSR count). The smallest absolute Gasteiger partial charge is 0.256 e. The van der Waals surface area contributed by atoms with Gasteiger partial charge >= 0.3 is 0 Å². The maximum absolute atomic E-state index is 12.7. The third kappa shape index (κ3) is 3.65. The van der Waals surface area contributed by atoms with E-state index in [4.69, 9.17) is 0 Å². The van der Waals surface area contributed by atoms with Gasteiger partial charge in [0.1, 0.15) is 5.84 Å². The number of sulfonamides is 1. The highest BCUT2D eigenvalue weighted by atomic mass is 32.2. The lowest BCUT2D eigenvalue weighted by Gasteiger charge is -2.31. The minimum atomic E-state index is -3.36. The summed E-state index contributed by atoms with van der Waals surface area (Å²) in [4.78, 5) is 16.3. The van der Waals surface area contributed by atoms with Crippen LogP contribution in [0.25, 0.3) is 0 Å². The van der Waals surface area contributed by atoms with Gasteiger partial charge < -0.3 is 9.80 Å². The minimum absolute atomic E-state index is 0.000584. The second-order valence-electron chi connectivity index (χ2n) is 6.41. The van der Waals surface area contributed by atoms with Crippen molar-refractivity contribution in [1.29, 1.82) is 0 Å². The van der Waals surface area contributed by atoms with Gasteiger partial charge in [-0.1, -0.05) is 25.7 Å². The van der Waals surface area contributed by atoms with Gasteiger partial charge in [0, 0.05) is 25.8 Å². The fourth-order valence-electron chi connectivity index (χ4n) is 3.34. The summed E-state index contributed by atoms with van der Waals surface area (Å²) in [6.07, 6.45) is 12.0. The molecule has 3 aliphatic rings. The zero-order chi connectivity index (χ0) is 16.4. The monoisotopic (exact) mass is 337 g/mol. The minimum Gasteiger partial charge on any atom is -0.339 e. The zero-order valence-electron chi connectivity index (χ0n) is 13.4. The number of hydrogen-bond acceptors (Lipinski definition) is 4. The van der Waals surface area contributed by atoms with E-state index < -0.39 is 10.0 Å². The molecule has 0 unspecified atom stereocenters. The van der Waals surface area contributed by atoms with Crippen molar-refractivity contribution in [1.82, 2.24) is 9.80 Å². The van der Waals surface area contributed by atoms with E-state index in [1.54, 1.807) is 23.3 Å². The highest BCUT2D eigenvalue weighted by Crippen LogP contribution is 2.23. The Labute approximate surface area is 137 Å². The van der Waals surface area contributed by atoms with Gasteiger partial charge in [0.25, 0.3) is 15.9 Å². The molecule has 6 nitrogen and oxygen atoms in total. The molecule has 1 saturated carbocycles. The van der Waals surface area contributed by atoms with Crippen molar-refractivity contribution in [2.45, 2.75) is 44.6 Å². The largest absolute Gasteiger partial charge is 0.339 e. The van der Waals surface area contributed by atoms with Crippen LogP contribution in [0.4, 0.5) is 0 Å². The molecule has 1 amide bonds. The van der Waals surface area contributed by atoms with Crippen molar-refractivity contribution in [3.8, 4) is 0 Å². The molecule has 1 fully saturated rings. The Bertz CT molecular complexity index is 671. The van der Waals surface area contributed by atoms with Crippen molar-refractivity contribution in [3.05, 3.63) is 23.9 Å². The topological polar surface area (TPSA) is 70.1 Å². The maximum Gasteiger partial charge on any atom is 0.256 e. The van der Waals surface area contributed by atoms with Crippen LogP contribution in [-0.4, -0.2) is 55.3 Å². The summed E-state index contributed by atoms with van der Waals surface area (Å²) in [7, 11) is -1.49. The van der Waals surface area contributed by atoms with Crippen molar-refractivity contribution >= 4 is 21.8 Å². The summed E-state index contributed by atoms with van der Waals surface area (Å²) in [6, 6.07) is 0.302. The molecular formula is C16H23N3O3S. The van der Waals surface area contributed by atoms with Gasteiger partial charge in [-0.2, -0.15) is 0 Å². The van der Waals surface area contributed by atoms with E-state index in [0.29, 0.717) is 24.0 Å². The second-order valence-corrected chi connectivity index (χ2v) is 8.16. The molecule has 2 aliphatic heterocycles. The first-order chi connectivity index (χ1) is 11.0. The fraction of sp³-hybridized carbons (Fsp3) is 0.625. The number of carbonyl (C=O) groups excluding carboxylic acids is 1. The number of rotatable bonds is 2. The first-order valence-corrected chi connectivity index (χ1v) is 9.83. The normalized spacial score (nSPS) is 24.3. The quantitative estimate of drug-likeness (QED) is 0.719.